The van der Waals surface area contributed by atoms with Crippen molar-refractivity contribution < 1.29 is 9.85 Å². The molecule has 3 rings (SSSR count). The van der Waals surface area contributed by atoms with E-state index in [4.69, 9.17) is 11.6 Å². The summed E-state index contributed by atoms with van der Waals surface area (Å²) in [6.07, 6.45) is 1.21. The fraction of sp³-hybridized carbons (Fsp3) is 0.111. The van der Waals surface area contributed by atoms with Gasteiger partial charge in [-0.2, -0.15) is 0 Å². The van der Waals surface area contributed by atoms with Crippen LogP contribution >= 0.6 is 11.6 Å². The molecule has 3 aromatic rings. The van der Waals surface area contributed by atoms with Crippen LogP contribution in [0.4, 0.5) is 11.4 Å². The number of rotatable bonds is 6. The van der Waals surface area contributed by atoms with Gasteiger partial charge in [-0.15, -0.1) is 0 Å². The third-order valence-electron chi connectivity index (χ3n) is 4.18. The monoisotopic (exact) mass is 416 g/mol. The van der Waals surface area contributed by atoms with Crippen molar-refractivity contribution in [3.63, 3.8) is 0 Å². The number of hydrogen-bond donors (Lipinski definition) is 0. The number of nitro groups is 2. The van der Waals surface area contributed by atoms with Gasteiger partial charge in [-0.3, -0.25) is 34.2 Å². The number of non-ortho nitro benzene ring substituents is 2. The molecule has 0 N–H and O–H groups in total. The molecule has 0 spiro atoms. The molecule has 0 saturated heterocycles. The largest absolute Gasteiger partial charge is 0.331 e. The maximum Gasteiger partial charge on any atom is 0.331 e. The molecule has 148 valence electrons. The zero-order chi connectivity index (χ0) is 21.1. The summed E-state index contributed by atoms with van der Waals surface area (Å²) in [6.45, 7) is -0.0619. The smallest absolute Gasteiger partial charge is 0.294 e. The Labute approximate surface area is 167 Å². The van der Waals surface area contributed by atoms with Crippen LogP contribution in [0.3, 0.4) is 0 Å². The number of nitrogens with zero attached hydrogens (tertiary/aromatic N) is 4. The van der Waals surface area contributed by atoms with E-state index in [0.717, 1.165) is 4.57 Å². The first kappa shape index (κ1) is 20.0. The highest BCUT2D eigenvalue weighted by molar-refractivity contribution is 6.30. The van der Waals surface area contributed by atoms with Crippen molar-refractivity contribution in [2.75, 3.05) is 0 Å². The number of nitro benzene ring substituents is 2. The Morgan fingerprint density at radius 2 is 1.24 bits per heavy atom. The summed E-state index contributed by atoms with van der Waals surface area (Å²) in [5.41, 5.74) is -0.385. The minimum absolute atomic E-state index is 0.0527. The van der Waals surface area contributed by atoms with Crippen LogP contribution in [0.25, 0.3) is 0 Å². The van der Waals surface area contributed by atoms with Gasteiger partial charge in [0, 0.05) is 30.5 Å². The Morgan fingerprint density at radius 1 is 0.793 bits per heavy atom. The van der Waals surface area contributed by atoms with Crippen molar-refractivity contribution in [1.82, 2.24) is 9.13 Å². The van der Waals surface area contributed by atoms with E-state index in [-0.39, 0.29) is 29.5 Å². The van der Waals surface area contributed by atoms with Gasteiger partial charge in [0.25, 0.3) is 16.9 Å². The zero-order valence-electron chi connectivity index (χ0n) is 14.7. The van der Waals surface area contributed by atoms with Gasteiger partial charge in [0.2, 0.25) is 0 Å². The maximum atomic E-state index is 12.8. The average molecular weight is 417 g/mol. The van der Waals surface area contributed by atoms with Crippen LogP contribution in [-0.2, 0) is 13.1 Å². The lowest BCUT2D eigenvalue weighted by atomic mass is 10.2. The predicted octanol–water partition coefficient (Wildman–Crippen LogP) is 2.58. The van der Waals surface area contributed by atoms with Gasteiger partial charge < -0.3 is 0 Å². The van der Waals surface area contributed by atoms with E-state index in [1.54, 1.807) is 0 Å². The number of aromatic nitrogens is 2. The lowest BCUT2D eigenvalue weighted by Gasteiger charge is -2.11. The van der Waals surface area contributed by atoms with E-state index in [1.165, 1.54) is 59.3 Å². The summed E-state index contributed by atoms with van der Waals surface area (Å²) >= 11 is 5.99. The fourth-order valence-electron chi connectivity index (χ4n) is 2.70. The van der Waals surface area contributed by atoms with E-state index >= 15 is 0 Å². The molecule has 1 heterocycles. The van der Waals surface area contributed by atoms with Crippen LogP contribution in [-0.4, -0.2) is 19.0 Å². The molecule has 0 unspecified atom stereocenters. The predicted molar refractivity (Wildman–Crippen MR) is 104 cm³/mol. The topological polar surface area (TPSA) is 130 Å². The first-order chi connectivity index (χ1) is 13.8. The number of halogens is 1. The fourth-order valence-corrected chi connectivity index (χ4v) is 2.92. The molecule has 11 heteroatoms. The van der Waals surface area contributed by atoms with Crippen molar-refractivity contribution >= 4 is 23.0 Å². The van der Waals surface area contributed by atoms with E-state index in [0.29, 0.717) is 11.1 Å². The molecule has 0 saturated carbocycles. The zero-order valence-corrected chi connectivity index (χ0v) is 15.5. The standard InChI is InChI=1S/C18H13ClN4O6/c19-16-11-20(9-12-1-5-14(6-2-12)22(26)27)18(25)21(17(16)24)10-13-3-7-15(8-4-13)23(28)29/h1-8,11H,9-10H2. The van der Waals surface area contributed by atoms with E-state index in [1.807, 2.05) is 0 Å². The Hall–Kier alpha value is -3.79. The quantitative estimate of drug-likeness (QED) is 0.448. The Kier molecular flexibility index (Phi) is 5.55. The Bertz CT molecular complexity index is 1200. The molecule has 0 radical (unpaired) electrons. The van der Waals surface area contributed by atoms with Gasteiger partial charge in [-0.25, -0.2) is 4.79 Å². The molecule has 2 aromatic carbocycles. The molecule has 1 aromatic heterocycles. The van der Waals surface area contributed by atoms with Crippen LogP contribution in [0.5, 0.6) is 0 Å². The molecular weight excluding hydrogens is 404 g/mol. The highest BCUT2D eigenvalue weighted by Crippen LogP contribution is 2.14. The van der Waals surface area contributed by atoms with Gasteiger partial charge in [0.05, 0.1) is 22.9 Å². The van der Waals surface area contributed by atoms with Crippen molar-refractivity contribution in [2.24, 2.45) is 0 Å². The first-order valence-corrected chi connectivity index (χ1v) is 8.60. The molecular formula is C18H13ClN4O6. The summed E-state index contributed by atoms with van der Waals surface area (Å²) in [4.78, 5) is 45.5. The average Bonchev–Trinajstić information content (AvgIpc) is 2.70. The van der Waals surface area contributed by atoms with Crippen LogP contribution in [0.15, 0.2) is 64.3 Å². The van der Waals surface area contributed by atoms with Crippen LogP contribution < -0.4 is 11.2 Å². The second-order valence-corrected chi connectivity index (χ2v) is 6.53. The SMILES string of the molecule is O=c1c(Cl)cn(Cc2ccc([N+](=O)[O-])cc2)c(=O)n1Cc1ccc([N+](=O)[O-])cc1. The van der Waals surface area contributed by atoms with E-state index in [9.17, 15) is 29.8 Å². The lowest BCUT2D eigenvalue weighted by molar-refractivity contribution is -0.385. The van der Waals surface area contributed by atoms with Crippen molar-refractivity contribution in [3.05, 3.63) is 112 Å². The molecule has 0 aliphatic carbocycles. The van der Waals surface area contributed by atoms with Gasteiger partial charge >= 0.3 is 5.69 Å². The minimum Gasteiger partial charge on any atom is -0.294 e. The van der Waals surface area contributed by atoms with Crippen molar-refractivity contribution in [2.45, 2.75) is 13.1 Å². The lowest BCUT2D eigenvalue weighted by Crippen LogP contribution is -2.40. The van der Waals surface area contributed by atoms with Crippen LogP contribution in [0, 0.1) is 20.2 Å². The molecule has 10 nitrogen and oxygen atoms in total. The van der Waals surface area contributed by atoms with E-state index < -0.39 is 21.1 Å². The maximum absolute atomic E-state index is 12.8. The van der Waals surface area contributed by atoms with Crippen molar-refractivity contribution in [3.8, 4) is 0 Å². The van der Waals surface area contributed by atoms with Gasteiger partial charge in [0.1, 0.15) is 5.02 Å². The highest BCUT2D eigenvalue weighted by atomic mass is 35.5. The number of benzene rings is 2. The molecule has 29 heavy (non-hydrogen) atoms. The van der Waals surface area contributed by atoms with Crippen molar-refractivity contribution in [1.29, 1.82) is 0 Å². The van der Waals surface area contributed by atoms with E-state index in [2.05, 4.69) is 0 Å². The number of hydrogen-bond acceptors (Lipinski definition) is 6. The summed E-state index contributed by atoms with van der Waals surface area (Å²) in [5, 5.41) is 21.3. The molecule has 0 fully saturated rings. The van der Waals surface area contributed by atoms with Gasteiger partial charge in [-0.1, -0.05) is 35.9 Å². The van der Waals surface area contributed by atoms with Crippen LogP contribution in [0.2, 0.25) is 5.02 Å². The first-order valence-electron chi connectivity index (χ1n) is 8.22. The second-order valence-electron chi connectivity index (χ2n) is 6.13. The summed E-state index contributed by atoms with van der Waals surface area (Å²) in [6, 6.07) is 11.1. The highest BCUT2D eigenvalue weighted by Gasteiger charge is 2.13. The summed E-state index contributed by atoms with van der Waals surface area (Å²) in [5.74, 6) is 0. The normalized spacial score (nSPS) is 10.7. The molecule has 0 aliphatic rings. The Morgan fingerprint density at radius 3 is 1.69 bits per heavy atom. The van der Waals surface area contributed by atoms with Gasteiger partial charge in [-0.05, 0) is 11.1 Å². The third-order valence-corrected chi connectivity index (χ3v) is 4.44. The molecule has 0 aliphatic heterocycles. The summed E-state index contributed by atoms with van der Waals surface area (Å²) < 4.78 is 2.14. The molecule has 0 amide bonds. The Balaban J connectivity index is 1.93. The second kappa shape index (κ2) is 8.07. The van der Waals surface area contributed by atoms with Gasteiger partial charge in [0.15, 0.2) is 0 Å². The molecule has 0 atom stereocenters. The summed E-state index contributed by atoms with van der Waals surface area (Å²) in [7, 11) is 0. The van der Waals surface area contributed by atoms with Crippen LogP contribution in [0.1, 0.15) is 11.1 Å². The molecule has 0 bridgehead atoms. The minimum atomic E-state index is -0.685. The third kappa shape index (κ3) is 4.38.